The van der Waals surface area contributed by atoms with Crippen molar-refractivity contribution in [2.45, 2.75) is 0 Å². The number of hydrogen-bond acceptors (Lipinski definition) is 2. The van der Waals surface area contributed by atoms with Crippen LogP contribution in [-0.2, 0) is 0 Å². The van der Waals surface area contributed by atoms with E-state index in [0.29, 0.717) is 20.3 Å². The van der Waals surface area contributed by atoms with Crippen molar-refractivity contribution in [3.63, 3.8) is 0 Å². The lowest BCUT2D eigenvalue weighted by Crippen LogP contribution is -2.18. The number of ketones is 2. The summed E-state index contributed by atoms with van der Waals surface area (Å²) in [6.07, 6.45) is 0. The monoisotopic (exact) mass is 360 g/mol. The van der Waals surface area contributed by atoms with E-state index in [9.17, 15) is 9.59 Å². The van der Waals surface area contributed by atoms with E-state index in [1.807, 2.05) is 52.9 Å². The molecular weight excluding hydrogens is 351 g/mol. The van der Waals surface area contributed by atoms with E-state index in [0.717, 1.165) is 5.56 Å². The molecule has 0 saturated carbocycles. The number of benzene rings is 2. The van der Waals surface area contributed by atoms with Gasteiger partial charge in [-0.2, -0.15) is 0 Å². The molecule has 2 aromatic rings. The van der Waals surface area contributed by atoms with Crippen LogP contribution in [0.2, 0.25) is 0 Å². The fraction of sp³-hybridized carbons (Fsp3) is 0. The first-order chi connectivity index (χ1) is 9.20. The third-order valence-corrected chi connectivity index (χ3v) is 4.15. The van der Waals surface area contributed by atoms with Crippen LogP contribution in [0.1, 0.15) is 26.3 Å². The van der Waals surface area contributed by atoms with Crippen molar-refractivity contribution in [1.82, 2.24) is 0 Å². The first-order valence-electron chi connectivity index (χ1n) is 5.84. The zero-order chi connectivity index (χ0) is 13.4. The Kier molecular flexibility index (Phi) is 3.06. The van der Waals surface area contributed by atoms with Gasteiger partial charge in [-0.25, -0.2) is 0 Å². The third kappa shape index (κ3) is 1.94. The molecule has 0 radical (unpaired) electrons. The van der Waals surface area contributed by atoms with Crippen molar-refractivity contribution in [3.8, 4) is 0 Å². The summed E-state index contributed by atoms with van der Waals surface area (Å²) < 4.78 is 0.493. The molecule has 0 N–H and O–H groups in total. The fourth-order valence-electron chi connectivity index (χ4n) is 2.21. The third-order valence-electron chi connectivity index (χ3n) is 3.12. The molecule has 0 saturated heterocycles. The van der Waals surface area contributed by atoms with Gasteiger partial charge in [0.15, 0.2) is 5.78 Å². The van der Waals surface area contributed by atoms with Gasteiger partial charge in [-0.05, 0) is 28.2 Å². The molecule has 0 aromatic heterocycles. The number of halogens is 1. The van der Waals surface area contributed by atoms with Gasteiger partial charge in [-0.15, -0.1) is 0 Å². The Morgan fingerprint density at radius 2 is 1.21 bits per heavy atom. The lowest BCUT2D eigenvalue weighted by atomic mass is 9.86. The Morgan fingerprint density at radius 3 is 1.84 bits per heavy atom. The van der Waals surface area contributed by atoms with Crippen LogP contribution in [-0.4, -0.2) is 11.6 Å². The highest BCUT2D eigenvalue weighted by atomic mass is 127. The summed E-state index contributed by atoms with van der Waals surface area (Å²) in [4.78, 5) is 24.9. The zero-order valence-corrected chi connectivity index (χ0v) is 12.0. The summed E-state index contributed by atoms with van der Waals surface area (Å²) in [6.45, 7) is 0. The quantitative estimate of drug-likeness (QED) is 0.723. The van der Waals surface area contributed by atoms with Gasteiger partial charge in [-0.3, -0.25) is 9.59 Å². The minimum absolute atomic E-state index is 0.0744. The molecule has 1 aliphatic rings. The molecule has 0 aliphatic heterocycles. The summed E-state index contributed by atoms with van der Waals surface area (Å²) in [5.41, 5.74) is 2.29. The molecule has 0 amide bonds. The number of carbonyl (C=O) groups excluding carboxylic acids is 2. The largest absolute Gasteiger partial charge is 0.289 e. The van der Waals surface area contributed by atoms with Crippen molar-refractivity contribution < 1.29 is 9.59 Å². The van der Waals surface area contributed by atoms with Crippen LogP contribution in [0.25, 0.3) is 5.57 Å². The van der Waals surface area contributed by atoms with E-state index in [1.165, 1.54) is 0 Å². The summed E-state index contributed by atoms with van der Waals surface area (Å²) in [5.74, 6) is -0.152. The van der Waals surface area contributed by atoms with E-state index in [2.05, 4.69) is 0 Å². The molecule has 0 spiro atoms. The molecule has 0 bridgehead atoms. The van der Waals surface area contributed by atoms with Gasteiger partial charge in [0.05, 0.1) is 3.58 Å². The Morgan fingerprint density at radius 1 is 0.684 bits per heavy atom. The Bertz CT molecular complexity index is 715. The Hall–Kier alpha value is -1.75. The van der Waals surface area contributed by atoms with Crippen molar-refractivity contribution in [3.05, 3.63) is 74.9 Å². The normalized spacial score (nSPS) is 14.6. The van der Waals surface area contributed by atoms with E-state index in [-0.39, 0.29) is 11.6 Å². The summed E-state index contributed by atoms with van der Waals surface area (Å²) in [5, 5.41) is 0. The molecule has 19 heavy (non-hydrogen) atoms. The minimum atomic E-state index is -0.0780. The smallest absolute Gasteiger partial charge is 0.200 e. The maximum Gasteiger partial charge on any atom is 0.200 e. The van der Waals surface area contributed by atoms with E-state index < -0.39 is 0 Å². The van der Waals surface area contributed by atoms with E-state index >= 15 is 0 Å². The average Bonchev–Trinajstić information content (AvgIpc) is 2.46. The van der Waals surface area contributed by atoms with Gasteiger partial charge in [-0.1, -0.05) is 54.6 Å². The van der Waals surface area contributed by atoms with Crippen LogP contribution in [0, 0.1) is 0 Å². The van der Waals surface area contributed by atoms with Crippen molar-refractivity contribution in [2.75, 3.05) is 0 Å². The topological polar surface area (TPSA) is 34.1 Å². The summed E-state index contributed by atoms with van der Waals surface area (Å²) in [7, 11) is 0. The first-order valence-corrected chi connectivity index (χ1v) is 6.91. The molecule has 2 aromatic carbocycles. The van der Waals surface area contributed by atoms with Crippen LogP contribution < -0.4 is 0 Å². The van der Waals surface area contributed by atoms with E-state index in [4.69, 9.17) is 0 Å². The highest BCUT2D eigenvalue weighted by Crippen LogP contribution is 2.35. The molecule has 0 atom stereocenters. The van der Waals surface area contributed by atoms with Crippen LogP contribution >= 0.6 is 22.6 Å². The standard InChI is InChI=1S/C16H9IO2/c17-14-13(10-6-2-1-3-7-10)15(18)11-8-4-5-9-12(11)16(14)19/h1-9H. The number of allylic oxidation sites excluding steroid dienone is 2. The van der Waals surface area contributed by atoms with Gasteiger partial charge >= 0.3 is 0 Å². The van der Waals surface area contributed by atoms with Gasteiger partial charge in [0, 0.05) is 16.7 Å². The zero-order valence-electron chi connectivity index (χ0n) is 9.89. The predicted molar refractivity (Wildman–Crippen MR) is 82.5 cm³/mol. The number of hydrogen-bond donors (Lipinski definition) is 0. The van der Waals surface area contributed by atoms with Gasteiger partial charge in [0.1, 0.15) is 0 Å². The van der Waals surface area contributed by atoms with Crippen LogP contribution in [0.15, 0.2) is 58.2 Å². The number of rotatable bonds is 1. The molecule has 0 unspecified atom stereocenters. The van der Waals surface area contributed by atoms with Gasteiger partial charge < -0.3 is 0 Å². The molecule has 0 heterocycles. The Balaban J connectivity index is 2.25. The lowest BCUT2D eigenvalue weighted by Gasteiger charge is -2.18. The maximum absolute atomic E-state index is 12.6. The van der Waals surface area contributed by atoms with Crippen molar-refractivity contribution >= 4 is 39.7 Å². The van der Waals surface area contributed by atoms with Crippen LogP contribution in [0.3, 0.4) is 0 Å². The number of carbonyl (C=O) groups is 2. The van der Waals surface area contributed by atoms with Crippen LogP contribution in [0.5, 0.6) is 0 Å². The number of fused-ring (bicyclic) bond motifs is 1. The maximum atomic E-state index is 12.6. The lowest BCUT2D eigenvalue weighted by molar-refractivity contribution is 0.1000. The molecule has 92 valence electrons. The highest BCUT2D eigenvalue weighted by Gasteiger charge is 2.31. The predicted octanol–water partition coefficient (Wildman–Crippen LogP) is 3.91. The summed E-state index contributed by atoms with van der Waals surface area (Å²) >= 11 is 1.97. The summed E-state index contributed by atoms with van der Waals surface area (Å²) in [6, 6.07) is 16.3. The van der Waals surface area contributed by atoms with Gasteiger partial charge in [0.25, 0.3) is 0 Å². The molecule has 3 rings (SSSR count). The van der Waals surface area contributed by atoms with Gasteiger partial charge in [0.2, 0.25) is 5.78 Å². The van der Waals surface area contributed by atoms with Crippen molar-refractivity contribution in [1.29, 1.82) is 0 Å². The first kappa shape index (κ1) is 12.3. The molecule has 0 fully saturated rings. The van der Waals surface area contributed by atoms with Crippen LogP contribution in [0.4, 0.5) is 0 Å². The molecular formula is C16H9IO2. The average molecular weight is 360 g/mol. The fourth-order valence-corrected chi connectivity index (χ4v) is 3.05. The second kappa shape index (κ2) is 4.74. The van der Waals surface area contributed by atoms with Crippen molar-refractivity contribution in [2.24, 2.45) is 0 Å². The number of Topliss-reactive ketones (excluding diaryl/α,β-unsaturated/α-hetero) is 2. The van der Waals surface area contributed by atoms with E-state index in [1.54, 1.807) is 24.3 Å². The SMILES string of the molecule is O=C1C(I)=C(c2ccccc2)C(=O)c2ccccc21. The second-order valence-electron chi connectivity index (χ2n) is 4.26. The molecule has 3 heteroatoms. The molecule has 1 aliphatic carbocycles. The molecule has 2 nitrogen and oxygen atoms in total. The second-order valence-corrected chi connectivity index (χ2v) is 5.34. The Labute approximate surface area is 124 Å². The minimum Gasteiger partial charge on any atom is -0.289 e. The highest BCUT2D eigenvalue weighted by molar-refractivity contribution is 14.1.